The van der Waals surface area contributed by atoms with Crippen LogP contribution in [0.4, 0.5) is 0 Å². The summed E-state index contributed by atoms with van der Waals surface area (Å²) in [7, 11) is 9.20. The lowest BCUT2D eigenvalue weighted by molar-refractivity contribution is 0.295. The van der Waals surface area contributed by atoms with Crippen molar-refractivity contribution in [3.63, 3.8) is 0 Å². The third-order valence-electron chi connectivity index (χ3n) is 4.11. The molecule has 142 valence electrons. The Morgan fingerprint density at radius 1 is 1.15 bits per heavy atom. The van der Waals surface area contributed by atoms with Crippen LogP contribution in [0, 0.1) is 0 Å². The average Bonchev–Trinajstić information content (AvgIpc) is 3.17. The Labute approximate surface area is 159 Å². The first-order chi connectivity index (χ1) is 12.6. The molecule has 0 amide bonds. The van der Waals surface area contributed by atoms with E-state index in [0.29, 0.717) is 6.54 Å². The molecular formula is C19H28N4O2S. The van der Waals surface area contributed by atoms with Gasteiger partial charge in [0.05, 0.1) is 26.8 Å². The van der Waals surface area contributed by atoms with Crippen molar-refractivity contribution in [3.05, 3.63) is 46.2 Å². The summed E-state index contributed by atoms with van der Waals surface area (Å²) >= 11 is 1.73. The molecule has 1 atom stereocenters. The number of methoxy groups -OCH3 is 2. The Kier molecular flexibility index (Phi) is 7.74. The van der Waals surface area contributed by atoms with E-state index in [9.17, 15) is 0 Å². The lowest BCUT2D eigenvalue weighted by atomic mass is 10.1. The number of likely N-dealkylation sites (N-methyl/N-ethyl adjacent to an activating group) is 1. The fourth-order valence-electron chi connectivity index (χ4n) is 2.66. The Morgan fingerprint density at radius 2 is 1.92 bits per heavy atom. The summed E-state index contributed by atoms with van der Waals surface area (Å²) in [6.07, 6.45) is 0. The molecule has 0 fully saturated rings. The van der Waals surface area contributed by atoms with Crippen LogP contribution in [0.25, 0.3) is 0 Å². The van der Waals surface area contributed by atoms with E-state index in [-0.39, 0.29) is 6.04 Å². The molecule has 6 nitrogen and oxygen atoms in total. The van der Waals surface area contributed by atoms with Crippen LogP contribution in [0.2, 0.25) is 0 Å². The molecular weight excluding hydrogens is 348 g/mol. The van der Waals surface area contributed by atoms with Crippen molar-refractivity contribution in [3.8, 4) is 11.5 Å². The summed E-state index contributed by atoms with van der Waals surface area (Å²) in [5.74, 6) is 2.25. The van der Waals surface area contributed by atoms with Crippen LogP contribution in [0.3, 0.4) is 0 Å². The summed E-state index contributed by atoms with van der Waals surface area (Å²) in [6, 6.07) is 10.3. The van der Waals surface area contributed by atoms with E-state index in [2.05, 4.69) is 58.2 Å². The molecule has 1 heterocycles. The highest BCUT2D eigenvalue weighted by Gasteiger charge is 2.17. The van der Waals surface area contributed by atoms with Gasteiger partial charge in [0.25, 0.3) is 0 Å². The van der Waals surface area contributed by atoms with Gasteiger partial charge in [-0.25, -0.2) is 0 Å². The van der Waals surface area contributed by atoms with Gasteiger partial charge in [0.2, 0.25) is 0 Å². The van der Waals surface area contributed by atoms with Gasteiger partial charge in [-0.05, 0) is 43.2 Å². The fourth-order valence-corrected chi connectivity index (χ4v) is 3.30. The van der Waals surface area contributed by atoms with E-state index in [0.717, 1.165) is 29.6 Å². The summed E-state index contributed by atoms with van der Waals surface area (Å²) in [5.41, 5.74) is 1.15. The molecule has 0 saturated carbocycles. The minimum Gasteiger partial charge on any atom is -0.493 e. The van der Waals surface area contributed by atoms with Crippen molar-refractivity contribution in [2.75, 3.05) is 41.9 Å². The molecule has 26 heavy (non-hydrogen) atoms. The van der Waals surface area contributed by atoms with Crippen LogP contribution in [-0.2, 0) is 6.54 Å². The van der Waals surface area contributed by atoms with Gasteiger partial charge in [-0.15, -0.1) is 11.3 Å². The molecule has 1 aromatic carbocycles. The second kappa shape index (κ2) is 10.0. The summed E-state index contributed by atoms with van der Waals surface area (Å²) in [5, 5.41) is 8.83. The topological polar surface area (TPSA) is 58.1 Å². The second-order valence-electron chi connectivity index (χ2n) is 5.98. The maximum absolute atomic E-state index is 5.43. The number of ether oxygens (including phenoxy) is 2. The molecule has 0 aliphatic rings. The first-order valence-corrected chi connectivity index (χ1v) is 9.32. The van der Waals surface area contributed by atoms with Gasteiger partial charge >= 0.3 is 0 Å². The van der Waals surface area contributed by atoms with Crippen LogP contribution >= 0.6 is 11.3 Å². The van der Waals surface area contributed by atoms with Crippen molar-refractivity contribution in [1.29, 1.82) is 0 Å². The zero-order chi connectivity index (χ0) is 18.9. The summed E-state index contributed by atoms with van der Waals surface area (Å²) < 4.78 is 10.8. The third kappa shape index (κ3) is 5.37. The molecule has 2 rings (SSSR count). The Hall–Kier alpha value is -2.25. The fraction of sp³-hybridized carbons (Fsp3) is 0.421. The lowest BCUT2D eigenvalue weighted by Crippen LogP contribution is -2.41. The zero-order valence-corrected chi connectivity index (χ0v) is 16.9. The van der Waals surface area contributed by atoms with Gasteiger partial charge < -0.3 is 25.0 Å². The minimum absolute atomic E-state index is 0.162. The number of nitrogens with one attached hydrogen (secondary N) is 2. The van der Waals surface area contributed by atoms with E-state index in [4.69, 9.17) is 9.47 Å². The van der Waals surface area contributed by atoms with Crippen LogP contribution in [-0.4, -0.2) is 52.8 Å². The van der Waals surface area contributed by atoms with Gasteiger partial charge in [-0.1, -0.05) is 12.1 Å². The SMILES string of the molecule is CN=C(NCc1cccs1)NCC(c1ccc(OC)c(OC)c1)N(C)C. The Morgan fingerprint density at radius 3 is 2.50 bits per heavy atom. The maximum atomic E-state index is 5.43. The van der Waals surface area contributed by atoms with E-state index in [1.165, 1.54) is 4.88 Å². The van der Waals surface area contributed by atoms with E-state index < -0.39 is 0 Å². The van der Waals surface area contributed by atoms with Gasteiger partial charge in [0.1, 0.15) is 0 Å². The molecule has 0 bridgehead atoms. The largest absolute Gasteiger partial charge is 0.493 e. The normalized spacial score (nSPS) is 12.8. The highest BCUT2D eigenvalue weighted by Crippen LogP contribution is 2.31. The molecule has 0 radical (unpaired) electrons. The highest BCUT2D eigenvalue weighted by molar-refractivity contribution is 7.09. The van der Waals surface area contributed by atoms with E-state index >= 15 is 0 Å². The van der Waals surface area contributed by atoms with Crippen molar-refractivity contribution in [1.82, 2.24) is 15.5 Å². The summed E-state index contributed by atoms with van der Waals surface area (Å²) in [4.78, 5) is 7.75. The number of hydrogen-bond donors (Lipinski definition) is 2. The molecule has 1 unspecified atom stereocenters. The standard InChI is InChI=1S/C19H28N4O2S/c1-20-19(21-12-15-7-6-10-26-15)22-13-16(23(2)3)14-8-9-17(24-4)18(11-14)25-5/h6-11,16H,12-13H2,1-5H3,(H2,20,21,22). The molecule has 2 N–H and O–H groups in total. The van der Waals surface area contributed by atoms with Crippen molar-refractivity contribution >= 4 is 17.3 Å². The van der Waals surface area contributed by atoms with Crippen LogP contribution in [0.1, 0.15) is 16.5 Å². The van der Waals surface area contributed by atoms with E-state index in [1.54, 1.807) is 32.6 Å². The number of aliphatic imine (C=N–C) groups is 1. The van der Waals surface area contributed by atoms with Crippen LogP contribution in [0.15, 0.2) is 40.7 Å². The average molecular weight is 377 g/mol. The first-order valence-electron chi connectivity index (χ1n) is 8.44. The maximum Gasteiger partial charge on any atom is 0.191 e. The van der Waals surface area contributed by atoms with Crippen molar-refractivity contribution in [2.24, 2.45) is 4.99 Å². The van der Waals surface area contributed by atoms with Crippen LogP contribution in [0.5, 0.6) is 11.5 Å². The molecule has 0 saturated heterocycles. The second-order valence-corrected chi connectivity index (χ2v) is 7.01. The monoisotopic (exact) mass is 376 g/mol. The molecule has 1 aromatic heterocycles. The predicted octanol–water partition coefficient (Wildman–Crippen LogP) is 2.73. The molecule has 0 aliphatic heterocycles. The van der Waals surface area contributed by atoms with Gasteiger partial charge in [-0.2, -0.15) is 0 Å². The number of thiophene rings is 1. The minimum atomic E-state index is 0.162. The highest BCUT2D eigenvalue weighted by atomic mass is 32.1. The molecule has 0 spiro atoms. The molecule has 7 heteroatoms. The molecule has 2 aromatic rings. The van der Waals surface area contributed by atoms with E-state index in [1.807, 2.05) is 12.1 Å². The van der Waals surface area contributed by atoms with Gasteiger partial charge in [0, 0.05) is 18.5 Å². The third-order valence-corrected chi connectivity index (χ3v) is 4.99. The first kappa shape index (κ1) is 20.1. The number of rotatable bonds is 8. The number of benzene rings is 1. The molecule has 0 aliphatic carbocycles. The Bertz CT molecular complexity index is 702. The number of hydrogen-bond acceptors (Lipinski definition) is 5. The Balaban J connectivity index is 2.03. The quantitative estimate of drug-likeness (QED) is 0.548. The summed E-state index contributed by atoms with van der Waals surface area (Å²) in [6.45, 7) is 1.48. The zero-order valence-electron chi connectivity index (χ0n) is 16.1. The van der Waals surface area contributed by atoms with Crippen LogP contribution < -0.4 is 20.1 Å². The van der Waals surface area contributed by atoms with Gasteiger partial charge in [0.15, 0.2) is 17.5 Å². The van der Waals surface area contributed by atoms with Gasteiger partial charge in [-0.3, -0.25) is 4.99 Å². The smallest absolute Gasteiger partial charge is 0.191 e. The van der Waals surface area contributed by atoms with Crippen molar-refractivity contribution < 1.29 is 9.47 Å². The predicted molar refractivity (Wildman–Crippen MR) is 108 cm³/mol. The number of guanidine groups is 1. The number of nitrogens with zero attached hydrogens (tertiary/aromatic N) is 2. The lowest BCUT2D eigenvalue weighted by Gasteiger charge is -2.26. The van der Waals surface area contributed by atoms with Crippen molar-refractivity contribution in [2.45, 2.75) is 12.6 Å².